The first-order valence-electron chi connectivity index (χ1n) is 8.41. The number of hydrogen-bond acceptors (Lipinski definition) is 4. The maximum Gasteiger partial charge on any atom is 0.160 e. The predicted octanol–water partition coefficient (Wildman–Crippen LogP) is 3.27. The van der Waals surface area contributed by atoms with Gasteiger partial charge < -0.3 is 13.9 Å². The Balaban J connectivity index is 1.70. The fourth-order valence-corrected chi connectivity index (χ4v) is 3.51. The molecule has 1 fully saturated rings. The monoisotopic (exact) mass is 310 g/mol. The molecule has 0 unspecified atom stereocenters. The molecule has 120 valence electrons. The van der Waals surface area contributed by atoms with Crippen molar-refractivity contribution in [3.8, 4) is 0 Å². The summed E-state index contributed by atoms with van der Waals surface area (Å²) < 4.78 is 7.78. The van der Waals surface area contributed by atoms with Gasteiger partial charge in [-0.25, -0.2) is 9.97 Å². The van der Waals surface area contributed by atoms with E-state index in [-0.39, 0.29) is 0 Å². The molecule has 5 heteroatoms. The minimum Gasteiger partial charge on any atom is -0.467 e. The Labute approximate surface area is 135 Å². The Bertz CT molecular complexity index is 770. The molecule has 0 saturated carbocycles. The van der Waals surface area contributed by atoms with Gasteiger partial charge in [-0.3, -0.25) is 0 Å². The van der Waals surface area contributed by atoms with Crippen LogP contribution in [0.1, 0.15) is 37.3 Å². The lowest BCUT2D eigenvalue weighted by Crippen LogP contribution is -2.33. The van der Waals surface area contributed by atoms with E-state index in [1.54, 1.807) is 6.26 Å². The van der Waals surface area contributed by atoms with Crippen LogP contribution in [0.5, 0.6) is 0 Å². The van der Waals surface area contributed by atoms with Crippen LogP contribution in [0.25, 0.3) is 11.2 Å². The van der Waals surface area contributed by atoms with Gasteiger partial charge in [0.25, 0.3) is 0 Å². The molecule has 0 aromatic carbocycles. The molecule has 0 aliphatic carbocycles. The standard InChI is InChI=1S/C18H22N4O/c1-2-21-10-7-14(8-11-21)17-20-16-6-3-9-19-18(16)22(17)13-15-5-4-12-23-15/h3-6,9,12,14H,2,7-8,10-11,13H2,1H3. The molecule has 0 spiro atoms. The fraction of sp³-hybridized carbons (Fsp3) is 0.444. The van der Waals surface area contributed by atoms with Crippen LogP contribution in [0.4, 0.5) is 0 Å². The third-order valence-corrected chi connectivity index (χ3v) is 4.83. The summed E-state index contributed by atoms with van der Waals surface area (Å²) in [6, 6.07) is 7.95. The lowest BCUT2D eigenvalue weighted by atomic mass is 9.96. The molecule has 0 atom stereocenters. The summed E-state index contributed by atoms with van der Waals surface area (Å²) in [6.07, 6.45) is 5.89. The average molecular weight is 310 g/mol. The second-order valence-corrected chi connectivity index (χ2v) is 6.19. The zero-order chi connectivity index (χ0) is 15.6. The molecule has 0 radical (unpaired) electrons. The first kappa shape index (κ1) is 14.5. The van der Waals surface area contributed by atoms with E-state index in [4.69, 9.17) is 9.40 Å². The number of fused-ring (bicyclic) bond motifs is 1. The van der Waals surface area contributed by atoms with Gasteiger partial charge in [-0.05, 0) is 56.7 Å². The minimum absolute atomic E-state index is 0.502. The summed E-state index contributed by atoms with van der Waals surface area (Å²) >= 11 is 0. The third kappa shape index (κ3) is 2.77. The topological polar surface area (TPSA) is 47.1 Å². The van der Waals surface area contributed by atoms with Crippen molar-refractivity contribution in [2.75, 3.05) is 19.6 Å². The van der Waals surface area contributed by atoms with E-state index in [1.807, 2.05) is 30.5 Å². The molecule has 1 saturated heterocycles. The highest BCUT2D eigenvalue weighted by molar-refractivity contribution is 5.71. The van der Waals surface area contributed by atoms with E-state index in [1.165, 1.54) is 0 Å². The van der Waals surface area contributed by atoms with Crippen LogP contribution in [-0.4, -0.2) is 39.1 Å². The Morgan fingerprint density at radius 2 is 2.09 bits per heavy atom. The summed E-state index contributed by atoms with van der Waals surface area (Å²) in [5.74, 6) is 2.61. The number of rotatable bonds is 4. The summed E-state index contributed by atoms with van der Waals surface area (Å²) in [7, 11) is 0. The zero-order valence-electron chi connectivity index (χ0n) is 13.5. The summed E-state index contributed by atoms with van der Waals surface area (Å²) in [5.41, 5.74) is 1.93. The van der Waals surface area contributed by atoms with Crippen molar-refractivity contribution < 1.29 is 4.42 Å². The molecule has 0 N–H and O–H groups in total. The lowest BCUT2D eigenvalue weighted by molar-refractivity contribution is 0.217. The summed E-state index contributed by atoms with van der Waals surface area (Å²) in [6.45, 7) is 6.37. The maximum absolute atomic E-state index is 5.55. The van der Waals surface area contributed by atoms with Gasteiger partial charge in [-0.2, -0.15) is 0 Å². The normalized spacial score (nSPS) is 17.1. The van der Waals surface area contributed by atoms with Crippen molar-refractivity contribution in [2.24, 2.45) is 0 Å². The number of likely N-dealkylation sites (tertiary alicyclic amines) is 1. The quantitative estimate of drug-likeness (QED) is 0.742. The first-order chi connectivity index (χ1) is 11.3. The summed E-state index contributed by atoms with van der Waals surface area (Å²) in [4.78, 5) is 12.0. The van der Waals surface area contributed by atoms with Gasteiger partial charge in [0.15, 0.2) is 5.65 Å². The number of pyridine rings is 1. The number of piperidine rings is 1. The number of aromatic nitrogens is 3. The van der Waals surface area contributed by atoms with E-state index in [9.17, 15) is 0 Å². The predicted molar refractivity (Wildman–Crippen MR) is 89.4 cm³/mol. The van der Waals surface area contributed by atoms with Gasteiger partial charge in [-0.1, -0.05) is 6.92 Å². The van der Waals surface area contributed by atoms with Gasteiger partial charge >= 0.3 is 0 Å². The molecule has 5 nitrogen and oxygen atoms in total. The van der Waals surface area contributed by atoms with Crippen molar-refractivity contribution in [3.05, 3.63) is 48.3 Å². The van der Waals surface area contributed by atoms with E-state index in [0.29, 0.717) is 12.5 Å². The fourth-order valence-electron chi connectivity index (χ4n) is 3.51. The van der Waals surface area contributed by atoms with Gasteiger partial charge in [0.2, 0.25) is 0 Å². The van der Waals surface area contributed by atoms with Gasteiger partial charge in [-0.15, -0.1) is 0 Å². The number of hydrogen-bond donors (Lipinski definition) is 0. The van der Waals surface area contributed by atoms with E-state index >= 15 is 0 Å². The van der Waals surface area contributed by atoms with Crippen LogP contribution >= 0.6 is 0 Å². The highest BCUT2D eigenvalue weighted by Crippen LogP contribution is 2.30. The third-order valence-electron chi connectivity index (χ3n) is 4.83. The smallest absolute Gasteiger partial charge is 0.160 e. The Hall–Kier alpha value is -2.14. The van der Waals surface area contributed by atoms with Crippen LogP contribution in [-0.2, 0) is 6.54 Å². The maximum atomic E-state index is 5.55. The first-order valence-corrected chi connectivity index (χ1v) is 8.41. The van der Waals surface area contributed by atoms with E-state index in [0.717, 1.165) is 55.2 Å². The van der Waals surface area contributed by atoms with E-state index in [2.05, 4.69) is 21.4 Å². The Morgan fingerprint density at radius 1 is 1.22 bits per heavy atom. The van der Waals surface area contributed by atoms with Crippen molar-refractivity contribution in [1.82, 2.24) is 19.4 Å². The zero-order valence-corrected chi connectivity index (χ0v) is 13.5. The molecule has 0 bridgehead atoms. The largest absolute Gasteiger partial charge is 0.467 e. The molecular weight excluding hydrogens is 288 g/mol. The molecule has 4 rings (SSSR count). The molecular formula is C18H22N4O. The average Bonchev–Trinajstić information content (AvgIpc) is 3.24. The van der Waals surface area contributed by atoms with Gasteiger partial charge in [0, 0.05) is 12.1 Å². The second-order valence-electron chi connectivity index (χ2n) is 6.19. The van der Waals surface area contributed by atoms with Gasteiger partial charge in [0.1, 0.15) is 17.1 Å². The van der Waals surface area contributed by atoms with Crippen LogP contribution < -0.4 is 0 Å². The number of imidazole rings is 1. The molecule has 0 amide bonds. The Morgan fingerprint density at radius 3 is 2.83 bits per heavy atom. The van der Waals surface area contributed by atoms with Crippen LogP contribution in [0.15, 0.2) is 41.1 Å². The van der Waals surface area contributed by atoms with Crippen LogP contribution in [0.2, 0.25) is 0 Å². The van der Waals surface area contributed by atoms with Crippen molar-refractivity contribution in [2.45, 2.75) is 32.2 Å². The highest BCUT2D eigenvalue weighted by Gasteiger charge is 2.25. The van der Waals surface area contributed by atoms with Crippen LogP contribution in [0, 0.1) is 0 Å². The molecule has 3 aromatic rings. The molecule has 23 heavy (non-hydrogen) atoms. The minimum atomic E-state index is 0.502. The molecule has 1 aliphatic heterocycles. The van der Waals surface area contributed by atoms with Crippen molar-refractivity contribution >= 4 is 11.2 Å². The van der Waals surface area contributed by atoms with E-state index < -0.39 is 0 Å². The molecule has 1 aliphatic rings. The van der Waals surface area contributed by atoms with Gasteiger partial charge in [0.05, 0.1) is 12.8 Å². The molecule has 3 aromatic heterocycles. The van der Waals surface area contributed by atoms with Crippen molar-refractivity contribution in [3.63, 3.8) is 0 Å². The Kier molecular flexibility index (Phi) is 3.87. The lowest BCUT2D eigenvalue weighted by Gasteiger charge is -2.30. The second kappa shape index (κ2) is 6.16. The van der Waals surface area contributed by atoms with Crippen molar-refractivity contribution in [1.29, 1.82) is 0 Å². The highest BCUT2D eigenvalue weighted by atomic mass is 16.3. The summed E-state index contributed by atoms with van der Waals surface area (Å²) in [5, 5.41) is 0. The van der Waals surface area contributed by atoms with Crippen LogP contribution in [0.3, 0.4) is 0 Å². The number of furan rings is 1. The number of nitrogens with zero attached hydrogens (tertiary/aromatic N) is 4. The molecule has 4 heterocycles. The SMILES string of the molecule is CCN1CCC(c2nc3cccnc3n2Cc2ccco2)CC1.